The van der Waals surface area contributed by atoms with Crippen molar-refractivity contribution in [3.63, 3.8) is 0 Å². The fourth-order valence-corrected chi connectivity index (χ4v) is 2.01. The van der Waals surface area contributed by atoms with Gasteiger partial charge in [0.1, 0.15) is 18.9 Å². The van der Waals surface area contributed by atoms with Gasteiger partial charge in [-0.05, 0) is 24.1 Å². The first-order chi connectivity index (χ1) is 9.40. The van der Waals surface area contributed by atoms with E-state index in [9.17, 15) is 0 Å². The third kappa shape index (κ3) is 4.42. The van der Waals surface area contributed by atoms with Crippen molar-refractivity contribution in [2.24, 2.45) is 0 Å². The van der Waals surface area contributed by atoms with Crippen LogP contribution < -0.4 is 10.1 Å². The first kappa shape index (κ1) is 13.6. The minimum Gasteiger partial charge on any atom is -0.488 e. The number of rotatable bonds is 7. The zero-order valence-corrected chi connectivity index (χ0v) is 11.5. The van der Waals surface area contributed by atoms with Crippen LogP contribution in [0.2, 0.25) is 0 Å². The molecule has 100 valence electrons. The summed E-state index contributed by atoms with van der Waals surface area (Å²) in [7, 11) is 0. The quantitative estimate of drug-likeness (QED) is 0.757. The Morgan fingerprint density at radius 3 is 2.47 bits per heavy atom. The van der Waals surface area contributed by atoms with Crippen LogP contribution in [0.15, 0.2) is 54.6 Å². The molecule has 0 radical (unpaired) electrons. The summed E-state index contributed by atoms with van der Waals surface area (Å²) >= 11 is 0. The van der Waals surface area contributed by atoms with Crippen LogP contribution in [0.1, 0.15) is 24.5 Å². The molecule has 0 fully saturated rings. The van der Waals surface area contributed by atoms with Crippen LogP contribution in [0.3, 0.4) is 0 Å². The van der Waals surface area contributed by atoms with Crippen molar-refractivity contribution in [1.82, 2.24) is 0 Å². The molecular formula is C17H22NO+. The van der Waals surface area contributed by atoms with Gasteiger partial charge < -0.3 is 10.1 Å². The molecule has 0 aliphatic carbocycles. The SMILES string of the molecule is CCC[NH2+]Cc1ccccc1OCc1ccccc1. The van der Waals surface area contributed by atoms with Gasteiger partial charge in [-0.3, -0.25) is 0 Å². The van der Waals surface area contributed by atoms with Gasteiger partial charge in [-0.1, -0.05) is 49.4 Å². The Balaban J connectivity index is 1.95. The lowest BCUT2D eigenvalue weighted by molar-refractivity contribution is -0.670. The lowest BCUT2D eigenvalue weighted by Crippen LogP contribution is -2.82. The lowest BCUT2D eigenvalue weighted by Gasteiger charge is -2.10. The summed E-state index contributed by atoms with van der Waals surface area (Å²) in [5, 5.41) is 2.32. The molecular weight excluding hydrogens is 234 g/mol. The van der Waals surface area contributed by atoms with E-state index in [0.717, 1.165) is 18.8 Å². The second-order valence-corrected chi connectivity index (χ2v) is 4.66. The second kappa shape index (κ2) is 7.59. The van der Waals surface area contributed by atoms with Crippen LogP contribution >= 0.6 is 0 Å². The number of para-hydroxylation sites is 1. The molecule has 2 aromatic carbocycles. The van der Waals surface area contributed by atoms with Gasteiger partial charge in [0, 0.05) is 5.56 Å². The smallest absolute Gasteiger partial charge is 0.128 e. The summed E-state index contributed by atoms with van der Waals surface area (Å²) in [4.78, 5) is 0. The Morgan fingerprint density at radius 1 is 0.947 bits per heavy atom. The maximum atomic E-state index is 5.93. The number of quaternary nitrogens is 1. The van der Waals surface area contributed by atoms with Crippen molar-refractivity contribution in [3.8, 4) is 5.75 Å². The van der Waals surface area contributed by atoms with E-state index in [1.165, 1.54) is 17.5 Å². The van der Waals surface area contributed by atoms with E-state index < -0.39 is 0 Å². The second-order valence-electron chi connectivity index (χ2n) is 4.66. The molecule has 0 unspecified atom stereocenters. The molecule has 0 atom stereocenters. The van der Waals surface area contributed by atoms with Gasteiger partial charge in [0.15, 0.2) is 0 Å². The average Bonchev–Trinajstić information content (AvgIpc) is 2.48. The van der Waals surface area contributed by atoms with E-state index in [1.54, 1.807) is 0 Å². The minimum absolute atomic E-state index is 0.631. The Morgan fingerprint density at radius 2 is 1.68 bits per heavy atom. The molecule has 0 aliphatic heterocycles. The van der Waals surface area contributed by atoms with Gasteiger partial charge in [0.05, 0.1) is 6.54 Å². The van der Waals surface area contributed by atoms with Gasteiger partial charge in [-0.2, -0.15) is 0 Å². The van der Waals surface area contributed by atoms with Crippen LogP contribution in [0.25, 0.3) is 0 Å². The van der Waals surface area contributed by atoms with Crippen molar-refractivity contribution in [2.45, 2.75) is 26.5 Å². The molecule has 2 N–H and O–H groups in total. The predicted molar refractivity (Wildman–Crippen MR) is 78.0 cm³/mol. The highest BCUT2D eigenvalue weighted by atomic mass is 16.5. The number of hydrogen-bond donors (Lipinski definition) is 1. The Hall–Kier alpha value is -1.80. The Labute approximate surface area is 115 Å². The molecule has 19 heavy (non-hydrogen) atoms. The highest BCUT2D eigenvalue weighted by Gasteiger charge is 2.04. The molecule has 2 heteroatoms. The Bertz CT molecular complexity index is 482. The number of nitrogens with two attached hydrogens (primary N) is 1. The van der Waals surface area contributed by atoms with Crippen molar-refractivity contribution in [3.05, 3.63) is 65.7 Å². The highest BCUT2D eigenvalue weighted by Crippen LogP contribution is 2.18. The molecule has 0 bridgehead atoms. The summed E-state index contributed by atoms with van der Waals surface area (Å²) in [5.41, 5.74) is 2.47. The van der Waals surface area contributed by atoms with E-state index in [2.05, 4.69) is 42.6 Å². The molecule has 0 amide bonds. The molecule has 2 rings (SSSR count). The van der Waals surface area contributed by atoms with Gasteiger partial charge in [0.2, 0.25) is 0 Å². The topological polar surface area (TPSA) is 25.8 Å². The first-order valence-electron chi connectivity index (χ1n) is 6.96. The highest BCUT2D eigenvalue weighted by molar-refractivity contribution is 5.32. The maximum Gasteiger partial charge on any atom is 0.128 e. The monoisotopic (exact) mass is 256 g/mol. The molecule has 0 saturated heterocycles. The van der Waals surface area contributed by atoms with Crippen LogP contribution in [-0.4, -0.2) is 6.54 Å². The standard InChI is InChI=1S/C17H21NO/c1-2-12-18-13-16-10-6-7-11-17(16)19-14-15-8-4-3-5-9-15/h3-11,18H,2,12-14H2,1H3/p+1. The number of ether oxygens (including phenoxy) is 1. The summed E-state index contributed by atoms with van der Waals surface area (Å²) in [6, 6.07) is 18.6. The summed E-state index contributed by atoms with van der Waals surface area (Å²) in [6.45, 7) is 4.98. The fourth-order valence-electron chi connectivity index (χ4n) is 2.01. The van der Waals surface area contributed by atoms with Gasteiger partial charge in [-0.15, -0.1) is 0 Å². The van der Waals surface area contributed by atoms with Gasteiger partial charge in [0.25, 0.3) is 0 Å². The molecule has 0 saturated carbocycles. The van der Waals surface area contributed by atoms with Crippen LogP contribution in [0.4, 0.5) is 0 Å². The van der Waals surface area contributed by atoms with Crippen molar-refractivity contribution in [2.75, 3.05) is 6.54 Å². The normalized spacial score (nSPS) is 10.4. The molecule has 0 spiro atoms. The Kier molecular flexibility index (Phi) is 5.45. The largest absolute Gasteiger partial charge is 0.488 e. The van der Waals surface area contributed by atoms with Crippen molar-refractivity contribution in [1.29, 1.82) is 0 Å². The van der Waals surface area contributed by atoms with Crippen molar-refractivity contribution >= 4 is 0 Å². The third-order valence-corrected chi connectivity index (χ3v) is 3.07. The van der Waals surface area contributed by atoms with E-state index in [-0.39, 0.29) is 0 Å². The number of benzene rings is 2. The minimum atomic E-state index is 0.631. The zero-order chi connectivity index (χ0) is 13.3. The van der Waals surface area contributed by atoms with Crippen LogP contribution in [-0.2, 0) is 13.2 Å². The summed E-state index contributed by atoms with van der Waals surface area (Å²) in [5.74, 6) is 0.999. The average molecular weight is 256 g/mol. The molecule has 0 heterocycles. The van der Waals surface area contributed by atoms with Crippen LogP contribution in [0, 0.1) is 0 Å². The molecule has 2 aromatic rings. The zero-order valence-electron chi connectivity index (χ0n) is 11.5. The summed E-state index contributed by atoms with van der Waals surface area (Å²) in [6.07, 6.45) is 1.20. The van der Waals surface area contributed by atoms with Gasteiger partial charge >= 0.3 is 0 Å². The van der Waals surface area contributed by atoms with Crippen LogP contribution in [0.5, 0.6) is 5.75 Å². The fraction of sp³-hybridized carbons (Fsp3) is 0.294. The lowest BCUT2D eigenvalue weighted by atomic mass is 10.2. The summed E-state index contributed by atoms with van der Waals surface area (Å²) < 4.78 is 5.93. The molecule has 2 nitrogen and oxygen atoms in total. The molecule has 0 aromatic heterocycles. The van der Waals surface area contributed by atoms with E-state index in [1.807, 2.05) is 24.3 Å². The predicted octanol–water partition coefficient (Wildman–Crippen LogP) is 2.74. The molecule has 0 aliphatic rings. The third-order valence-electron chi connectivity index (χ3n) is 3.07. The number of hydrogen-bond acceptors (Lipinski definition) is 1. The van der Waals surface area contributed by atoms with E-state index in [0.29, 0.717) is 6.61 Å². The van der Waals surface area contributed by atoms with Gasteiger partial charge in [-0.25, -0.2) is 0 Å². The maximum absolute atomic E-state index is 5.93. The van der Waals surface area contributed by atoms with E-state index in [4.69, 9.17) is 4.74 Å². The van der Waals surface area contributed by atoms with E-state index >= 15 is 0 Å². The van der Waals surface area contributed by atoms with Crippen molar-refractivity contribution < 1.29 is 10.1 Å². The first-order valence-corrected chi connectivity index (χ1v) is 6.96.